The van der Waals surface area contributed by atoms with E-state index in [0.717, 1.165) is 11.6 Å². The van der Waals surface area contributed by atoms with Gasteiger partial charge < -0.3 is 10.3 Å². The fourth-order valence-corrected chi connectivity index (χ4v) is 2.69. The molecule has 0 saturated heterocycles. The highest BCUT2D eigenvalue weighted by Crippen LogP contribution is 2.32. The minimum absolute atomic E-state index is 0.00941. The van der Waals surface area contributed by atoms with E-state index in [1.165, 1.54) is 12.1 Å². The highest BCUT2D eigenvalue weighted by atomic mass is 19.4. The van der Waals surface area contributed by atoms with Crippen molar-refractivity contribution in [1.29, 1.82) is 0 Å². The van der Waals surface area contributed by atoms with Gasteiger partial charge in [-0.15, -0.1) is 0 Å². The fourth-order valence-electron chi connectivity index (χ4n) is 2.69. The average molecular weight is 360 g/mol. The largest absolute Gasteiger partial charge is 0.431 e. The second-order valence-electron chi connectivity index (χ2n) is 7.26. The van der Waals surface area contributed by atoms with Crippen molar-refractivity contribution in [1.82, 2.24) is 4.98 Å². The fraction of sp³-hybridized carbons (Fsp3) is 0.250. The quantitative estimate of drug-likeness (QED) is 0.602. The van der Waals surface area contributed by atoms with Crippen LogP contribution in [0.3, 0.4) is 0 Å². The molecule has 2 aromatic carbocycles. The highest BCUT2D eigenvalue weighted by Gasteiger charge is 2.32. The third kappa shape index (κ3) is 3.74. The van der Waals surface area contributed by atoms with Gasteiger partial charge in [-0.3, -0.25) is 4.79 Å². The molecule has 1 amide bonds. The second kappa shape index (κ2) is 6.20. The van der Waals surface area contributed by atoms with Crippen LogP contribution in [0.2, 0.25) is 0 Å². The molecule has 3 rings (SSSR count). The first-order valence-electron chi connectivity index (χ1n) is 8.16. The normalized spacial score (nSPS) is 12.4. The van der Waals surface area contributed by atoms with Crippen LogP contribution in [0.5, 0.6) is 0 Å². The Kier molecular flexibility index (Phi) is 4.30. The second-order valence-corrected chi connectivity index (χ2v) is 7.26. The van der Waals surface area contributed by atoms with E-state index in [9.17, 15) is 18.0 Å². The maximum absolute atomic E-state index is 12.8. The summed E-state index contributed by atoms with van der Waals surface area (Å²) < 4.78 is 38.3. The molecule has 0 bridgehead atoms. The Morgan fingerprint density at radius 2 is 1.62 bits per heavy atom. The number of carbonyl (C=O) groups excluding carboxylic acids is 1. The highest BCUT2D eigenvalue weighted by molar-refractivity contribution is 6.05. The summed E-state index contributed by atoms with van der Waals surface area (Å²) in [6.45, 7) is 6.26. The molecule has 0 fully saturated rings. The topological polar surface area (TPSA) is 44.9 Å². The van der Waals surface area contributed by atoms with Gasteiger partial charge in [-0.05, 0) is 47.4 Å². The molecule has 3 aromatic rings. The van der Waals surface area contributed by atoms with Crippen LogP contribution in [0.4, 0.5) is 18.9 Å². The molecule has 3 nitrogen and oxygen atoms in total. The zero-order chi connectivity index (χ0) is 19.1. The zero-order valence-corrected chi connectivity index (χ0v) is 14.7. The SMILES string of the molecule is CC(C)(C)c1ccc(C(=O)Nc2ccc3[nH]c(C(F)(F)F)cc3c2)cc1. The molecule has 1 heterocycles. The molecule has 0 radical (unpaired) electrons. The van der Waals surface area contributed by atoms with E-state index in [0.29, 0.717) is 22.2 Å². The Hall–Kier alpha value is -2.76. The number of hydrogen-bond donors (Lipinski definition) is 2. The van der Waals surface area contributed by atoms with E-state index in [4.69, 9.17) is 0 Å². The zero-order valence-electron chi connectivity index (χ0n) is 14.7. The first-order valence-corrected chi connectivity index (χ1v) is 8.16. The maximum Gasteiger partial charge on any atom is 0.431 e. The number of aromatic amines is 1. The number of anilines is 1. The first kappa shape index (κ1) is 18.0. The molecule has 0 aliphatic carbocycles. The molecule has 0 aliphatic heterocycles. The molecule has 136 valence electrons. The number of aromatic nitrogens is 1. The number of amides is 1. The number of halogens is 3. The van der Waals surface area contributed by atoms with Crippen LogP contribution in [0.1, 0.15) is 42.4 Å². The van der Waals surface area contributed by atoms with Gasteiger partial charge in [0.15, 0.2) is 0 Å². The third-order valence-electron chi connectivity index (χ3n) is 4.20. The minimum Gasteiger partial charge on any atom is -0.351 e. The van der Waals surface area contributed by atoms with Gasteiger partial charge in [0.05, 0.1) is 0 Å². The summed E-state index contributed by atoms with van der Waals surface area (Å²) in [6, 6.07) is 12.9. The van der Waals surface area contributed by atoms with Gasteiger partial charge in [0.25, 0.3) is 5.91 Å². The van der Waals surface area contributed by atoms with E-state index in [1.54, 1.807) is 18.2 Å². The van der Waals surface area contributed by atoms with Crippen molar-refractivity contribution < 1.29 is 18.0 Å². The van der Waals surface area contributed by atoms with Crippen LogP contribution in [0.25, 0.3) is 10.9 Å². The number of hydrogen-bond acceptors (Lipinski definition) is 1. The van der Waals surface area contributed by atoms with Crippen LogP contribution in [-0.4, -0.2) is 10.9 Å². The summed E-state index contributed by atoms with van der Waals surface area (Å²) >= 11 is 0. The van der Waals surface area contributed by atoms with Crippen molar-refractivity contribution in [2.24, 2.45) is 0 Å². The lowest BCUT2D eigenvalue weighted by molar-refractivity contribution is -0.140. The summed E-state index contributed by atoms with van der Waals surface area (Å²) in [5, 5.41) is 3.11. The smallest absolute Gasteiger partial charge is 0.351 e. The standard InChI is InChI=1S/C20H19F3N2O/c1-19(2,3)14-6-4-12(5-7-14)18(26)24-15-8-9-16-13(10-15)11-17(25-16)20(21,22)23/h4-11,25H,1-3H3,(H,24,26). The predicted molar refractivity (Wildman–Crippen MR) is 96.4 cm³/mol. The lowest BCUT2D eigenvalue weighted by Crippen LogP contribution is -2.14. The molecule has 1 aromatic heterocycles. The van der Waals surface area contributed by atoms with Gasteiger partial charge in [0.1, 0.15) is 5.69 Å². The van der Waals surface area contributed by atoms with Crippen molar-refractivity contribution in [2.45, 2.75) is 32.4 Å². The van der Waals surface area contributed by atoms with Crippen molar-refractivity contribution in [3.8, 4) is 0 Å². The molecule has 0 saturated carbocycles. The number of fused-ring (bicyclic) bond motifs is 1. The molecule has 26 heavy (non-hydrogen) atoms. The van der Waals surface area contributed by atoms with Gasteiger partial charge >= 0.3 is 6.18 Å². The summed E-state index contributed by atoms with van der Waals surface area (Å²) in [4.78, 5) is 14.7. The van der Waals surface area contributed by atoms with Crippen LogP contribution in [0.15, 0.2) is 48.5 Å². The van der Waals surface area contributed by atoms with E-state index in [-0.39, 0.29) is 11.3 Å². The van der Waals surface area contributed by atoms with E-state index >= 15 is 0 Å². The number of benzene rings is 2. The molecular formula is C20H19F3N2O. The predicted octanol–water partition coefficient (Wildman–Crippen LogP) is 5.74. The average Bonchev–Trinajstić information content (AvgIpc) is 2.98. The minimum atomic E-state index is -4.43. The van der Waals surface area contributed by atoms with Crippen molar-refractivity contribution in [3.05, 3.63) is 65.4 Å². The van der Waals surface area contributed by atoms with Crippen LogP contribution in [-0.2, 0) is 11.6 Å². The molecule has 0 aliphatic rings. The third-order valence-corrected chi connectivity index (χ3v) is 4.20. The van der Waals surface area contributed by atoms with Crippen molar-refractivity contribution in [3.63, 3.8) is 0 Å². The van der Waals surface area contributed by atoms with Gasteiger partial charge in [0.2, 0.25) is 0 Å². The summed E-state index contributed by atoms with van der Waals surface area (Å²) in [6.07, 6.45) is -4.43. The Balaban J connectivity index is 1.80. The van der Waals surface area contributed by atoms with E-state index < -0.39 is 11.9 Å². The first-order chi connectivity index (χ1) is 12.0. The summed E-state index contributed by atoms with van der Waals surface area (Å²) in [5.41, 5.74) is 1.59. The molecule has 0 unspecified atom stereocenters. The molecule has 0 atom stereocenters. The molecule has 2 N–H and O–H groups in total. The molecular weight excluding hydrogens is 341 g/mol. The Morgan fingerprint density at radius 3 is 2.19 bits per heavy atom. The Morgan fingerprint density at radius 1 is 0.962 bits per heavy atom. The van der Waals surface area contributed by atoms with Crippen molar-refractivity contribution >= 4 is 22.5 Å². The molecule has 6 heteroatoms. The Bertz CT molecular complexity index is 948. The summed E-state index contributed by atoms with van der Waals surface area (Å²) in [5.74, 6) is -0.309. The van der Waals surface area contributed by atoms with Gasteiger partial charge in [-0.25, -0.2) is 0 Å². The summed E-state index contributed by atoms with van der Waals surface area (Å²) in [7, 11) is 0. The number of alkyl halides is 3. The van der Waals surface area contributed by atoms with E-state index in [1.807, 2.05) is 12.1 Å². The number of nitrogens with one attached hydrogen (secondary N) is 2. The number of rotatable bonds is 2. The van der Waals surface area contributed by atoms with Crippen LogP contribution >= 0.6 is 0 Å². The van der Waals surface area contributed by atoms with Crippen LogP contribution in [0, 0.1) is 0 Å². The lowest BCUT2D eigenvalue weighted by atomic mass is 9.87. The number of H-pyrrole nitrogens is 1. The monoisotopic (exact) mass is 360 g/mol. The molecule has 0 spiro atoms. The van der Waals surface area contributed by atoms with Crippen LogP contribution < -0.4 is 5.32 Å². The number of carbonyl (C=O) groups is 1. The van der Waals surface area contributed by atoms with Gasteiger partial charge in [-0.2, -0.15) is 13.2 Å². The van der Waals surface area contributed by atoms with Gasteiger partial charge in [0, 0.05) is 22.2 Å². The van der Waals surface area contributed by atoms with Crippen molar-refractivity contribution in [2.75, 3.05) is 5.32 Å². The van der Waals surface area contributed by atoms with Gasteiger partial charge in [-0.1, -0.05) is 32.9 Å². The lowest BCUT2D eigenvalue weighted by Gasteiger charge is -2.19. The maximum atomic E-state index is 12.8. The van der Waals surface area contributed by atoms with E-state index in [2.05, 4.69) is 31.1 Å². The Labute approximate surface area is 149 Å².